The number of amides is 2. The van der Waals surface area contributed by atoms with E-state index in [-0.39, 0.29) is 11.8 Å². The number of anilines is 1. The molecule has 0 radical (unpaired) electrons. The smallest absolute Gasteiger partial charge is 0.251 e. The quantitative estimate of drug-likeness (QED) is 0.774. The Labute approximate surface area is 125 Å². The summed E-state index contributed by atoms with van der Waals surface area (Å²) in [5, 5.41) is 8.88. The van der Waals surface area contributed by atoms with Crippen molar-refractivity contribution >= 4 is 17.5 Å². The van der Waals surface area contributed by atoms with Crippen molar-refractivity contribution in [2.75, 3.05) is 18.9 Å². The molecule has 5 heteroatoms. The van der Waals surface area contributed by atoms with Crippen LogP contribution in [-0.4, -0.2) is 31.4 Å². The predicted molar refractivity (Wildman–Crippen MR) is 83.5 cm³/mol. The summed E-state index contributed by atoms with van der Waals surface area (Å²) in [7, 11) is 1.59. The van der Waals surface area contributed by atoms with Crippen molar-refractivity contribution in [1.82, 2.24) is 10.6 Å². The zero-order chi connectivity index (χ0) is 15.2. The normalized spacial score (nSPS) is 17.5. The number of aryl methyl sites for hydroxylation is 1. The molecule has 1 atom stereocenters. The summed E-state index contributed by atoms with van der Waals surface area (Å²) in [5.41, 5.74) is 2.21. The highest BCUT2D eigenvalue weighted by Gasteiger charge is 2.16. The van der Waals surface area contributed by atoms with E-state index in [4.69, 9.17) is 0 Å². The molecule has 1 aliphatic heterocycles. The molecule has 2 rings (SSSR count). The van der Waals surface area contributed by atoms with Crippen LogP contribution in [0.2, 0.25) is 0 Å². The SMILES string of the molecule is CNC(=O)c1ccc(C)c(NC(=O)CCC2CCCN2)c1. The van der Waals surface area contributed by atoms with Gasteiger partial charge >= 0.3 is 0 Å². The van der Waals surface area contributed by atoms with Gasteiger partial charge in [-0.1, -0.05) is 6.07 Å². The summed E-state index contributed by atoms with van der Waals surface area (Å²) in [6.07, 6.45) is 3.71. The second kappa shape index (κ2) is 7.22. The van der Waals surface area contributed by atoms with Crippen LogP contribution < -0.4 is 16.0 Å². The van der Waals surface area contributed by atoms with Gasteiger partial charge in [0.05, 0.1) is 0 Å². The van der Waals surface area contributed by atoms with Crippen molar-refractivity contribution in [3.05, 3.63) is 29.3 Å². The number of nitrogens with one attached hydrogen (secondary N) is 3. The molecule has 1 aromatic carbocycles. The molecular formula is C16H23N3O2. The molecule has 1 saturated heterocycles. The number of hydrogen-bond acceptors (Lipinski definition) is 3. The van der Waals surface area contributed by atoms with E-state index in [1.807, 2.05) is 13.0 Å². The molecule has 1 unspecified atom stereocenters. The van der Waals surface area contributed by atoms with Crippen molar-refractivity contribution in [2.45, 2.75) is 38.6 Å². The monoisotopic (exact) mass is 289 g/mol. The highest BCUT2D eigenvalue weighted by Crippen LogP contribution is 2.18. The minimum absolute atomic E-state index is 0.000793. The van der Waals surface area contributed by atoms with E-state index in [0.29, 0.717) is 23.7 Å². The standard InChI is InChI=1S/C16H23N3O2/c1-11-5-6-12(16(21)17-2)10-14(11)19-15(20)8-7-13-4-3-9-18-13/h5-6,10,13,18H,3-4,7-9H2,1-2H3,(H,17,21)(H,19,20). The van der Waals surface area contributed by atoms with Gasteiger partial charge in [-0.2, -0.15) is 0 Å². The molecule has 0 saturated carbocycles. The Balaban J connectivity index is 1.94. The van der Waals surface area contributed by atoms with E-state index in [0.717, 1.165) is 24.9 Å². The first-order chi connectivity index (χ1) is 10.1. The molecule has 2 amide bonds. The fourth-order valence-corrected chi connectivity index (χ4v) is 2.56. The Kier molecular flexibility index (Phi) is 5.33. The predicted octanol–water partition coefficient (Wildman–Crippen LogP) is 1.83. The first-order valence-electron chi connectivity index (χ1n) is 7.46. The van der Waals surface area contributed by atoms with E-state index >= 15 is 0 Å². The lowest BCUT2D eigenvalue weighted by Gasteiger charge is -2.12. The van der Waals surface area contributed by atoms with Crippen molar-refractivity contribution in [3.8, 4) is 0 Å². The van der Waals surface area contributed by atoms with E-state index in [1.165, 1.54) is 6.42 Å². The molecule has 0 aromatic heterocycles. The Morgan fingerprint density at radius 1 is 1.38 bits per heavy atom. The van der Waals surface area contributed by atoms with Gasteiger partial charge in [-0.3, -0.25) is 9.59 Å². The summed E-state index contributed by atoms with van der Waals surface area (Å²) in [6, 6.07) is 5.79. The summed E-state index contributed by atoms with van der Waals surface area (Å²) < 4.78 is 0. The van der Waals surface area contributed by atoms with E-state index < -0.39 is 0 Å². The van der Waals surface area contributed by atoms with Crippen molar-refractivity contribution in [1.29, 1.82) is 0 Å². The van der Waals surface area contributed by atoms with Gasteiger partial charge in [-0.25, -0.2) is 0 Å². The summed E-state index contributed by atoms with van der Waals surface area (Å²) in [5.74, 6) is -0.151. The molecular weight excluding hydrogens is 266 g/mol. The van der Waals surface area contributed by atoms with Crippen molar-refractivity contribution in [2.24, 2.45) is 0 Å². The molecule has 0 bridgehead atoms. The molecule has 3 N–H and O–H groups in total. The van der Waals surface area contributed by atoms with Crippen LogP contribution in [0.1, 0.15) is 41.6 Å². The van der Waals surface area contributed by atoms with Gasteiger partial charge in [-0.05, 0) is 50.4 Å². The number of rotatable bonds is 5. The molecule has 114 valence electrons. The van der Waals surface area contributed by atoms with Gasteiger partial charge in [0.25, 0.3) is 5.91 Å². The average molecular weight is 289 g/mol. The Bertz CT molecular complexity index is 522. The van der Waals surface area contributed by atoms with Gasteiger partial charge in [-0.15, -0.1) is 0 Å². The first kappa shape index (κ1) is 15.5. The highest BCUT2D eigenvalue weighted by molar-refractivity contribution is 5.97. The molecule has 1 heterocycles. The topological polar surface area (TPSA) is 70.2 Å². The minimum Gasteiger partial charge on any atom is -0.355 e. The van der Waals surface area contributed by atoms with Crippen LogP contribution in [0, 0.1) is 6.92 Å². The Morgan fingerprint density at radius 2 is 2.19 bits per heavy atom. The third kappa shape index (κ3) is 4.29. The lowest BCUT2D eigenvalue weighted by atomic mass is 10.1. The minimum atomic E-state index is -0.152. The Hall–Kier alpha value is -1.88. The maximum atomic E-state index is 12.0. The lowest BCUT2D eigenvalue weighted by Crippen LogP contribution is -2.24. The van der Waals surface area contributed by atoms with E-state index in [1.54, 1.807) is 19.2 Å². The van der Waals surface area contributed by atoms with Gasteiger partial charge < -0.3 is 16.0 Å². The zero-order valence-electron chi connectivity index (χ0n) is 12.7. The van der Waals surface area contributed by atoms with Gasteiger partial charge in [0.2, 0.25) is 5.91 Å². The third-order valence-electron chi connectivity index (χ3n) is 3.88. The highest BCUT2D eigenvalue weighted by atomic mass is 16.2. The van der Waals surface area contributed by atoms with Crippen LogP contribution in [0.25, 0.3) is 0 Å². The maximum absolute atomic E-state index is 12.0. The molecule has 0 spiro atoms. The molecule has 5 nitrogen and oxygen atoms in total. The number of carbonyl (C=O) groups excluding carboxylic acids is 2. The van der Waals surface area contributed by atoms with Crippen LogP contribution in [0.4, 0.5) is 5.69 Å². The van der Waals surface area contributed by atoms with E-state index in [9.17, 15) is 9.59 Å². The maximum Gasteiger partial charge on any atom is 0.251 e. The average Bonchev–Trinajstić information content (AvgIpc) is 3.00. The number of benzene rings is 1. The molecule has 1 fully saturated rings. The molecule has 21 heavy (non-hydrogen) atoms. The molecule has 1 aliphatic rings. The second-order valence-corrected chi connectivity index (χ2v) is 5.49. The molecule has 0 aliphatic carbocycles. The summed E-state index contributed by atoms with van der Waals surface area (Å²) in [6.45, 7) is 2.97. The van der Waals surface area contributed by atoms with Crippen LogP contribution in [0.5, 0.6) is 0 Å². The fourth-order valence-electron chi connectivity index (χ4n) is 2.56. The van der Waals surface area contributed by atoms with Crippen LogP contribution >= 0.6 is 0 Å². The van der Waals surface area contributed by atoms with Crippen molar-refractivity contribution < 1.29 is 9.59 Å². The van der Waals surface area contributed by atoms with Crippen molar-refractivity contribution in [3.63, 3.8) is 0 Å². The second-order valence-electron chi connectivity index (χ2n) is 5.49. The fraction of sp³-hybridized carbons (Fsp3) is 0.500. The van der Waals surface area contributed by atoms with Gasteiger partial charge in [0.15, 0.2) is 0 Å². The van der Waals surface area contributed by atoms with E-state index in [2.05, 4.69) is 16.0 Å². The Morgan fingerprint density at radius 3 is 2.86 bits per heavy atom. The molecule has 1 aromatic rings. The number of carbonyl (C=O) groups is 2. The summed E-state index contributed by atoms with van der Waals surface area (Å²) >= 11 is 0. The van der Waals surface area contributed by atoms with Gasteiger partial charge in [0.1, 0.15) is 0 Å². The first-order valence-corrected chi connectivity index (χ1v) is 7.46. The lowest BCUT2D eigenvalue weighted by molar-refractivity contribution is -0.116. The van der Waals surface area contributed by atoms with Crippen LogP contribution in [0.3, 0.4) is 0 Å². The zero-order valence-corrected chi connectivity index (χ0v) is 12.7. The van der Waals surface area contributed by atoms with Crippen LogP contribution in [-0.2, 0) is 4.79 Å². The summed E-state index contributed by atoms with van der Waals surface area (Å²) in [4.78, 5) is 23.7. The third-order valence-corrected chi connectivity index (χ3v) is 3.88. The largest absolute Gasteiger partial charge is 0.355 e. The number of hydrogen-bond donors (Lipinski definition) is 3. The van der Waals surface area contributed by atoms with Gasteiger partial charge in [0, 0.05) is 30.8 Å². The van der Waals surface area contributed by atoms with Crippen LogP contribution in [0.15, 0.2) is 18.2 Å².